The van der Waals surface area contributed by atoms with Crippen LogP contribution in [0.15, 0.2) is 30.3 Å². The molecule has 0 bridgehead atoms. The summed E-state index contributed by atoms with van der Waals surface area (Å²) < 4.78 is 14.0. The van der Waals surface area contributed by atoms with Crippen molar-refractivity contribution < 1.29 is 19.1 Å². The lowest BCUT2D eigenvalue weighted by atomic mass is 10.1. The number of rotatable bonds is 7. The van der Waals surface area contributed by atoms with Gasteiger partial charge in [0.2, 0.25) is 5.91 Å². The van der Waals surface area contributed by atoms with Crippen molar-refractivity contribution >= 4 is 11.7 Å². The van der Waals surface area contributed by atoms with Gasteiger partial charge in [-0.1, -0.05) is 12.1 Å². The van der Waals surface area contributed by atoms with E-state index in [0.29, 0.717) is 18.7 Å². The number of nitrogens with zero attached hydrogens (tertiary/aromatic N) is 3. The van der Waals surface area contributed by atoms with E-state index >= 15 is 0 Å². The summed E-state index contributed by atoms with van der Waals surface area (Å²) in [5.41, 5.74) is 2.64. The Hall–Kier alpha value is -2.80. The Kier molecular flexibility index (Phi) is 6.32. The molecule has 0 aliphatic carbocycles. The zero-order valence-electron chi connectivity index (χ0n) is 18.6. The smallest absolute Gasteiger partial charge is 0.236 e. The van der Waals surface area contributed by atoms with Crippen LogP contribution in [0.5, 0.6) is 11.5 Å². The number of hydrogen-bond donors (Lipinski definition) is 0. The predicted octanol–water partition coefficient (Wildman–Crippen LogP) is 2.68. The fourth-order valence-corrected chi connectivity index (χ4v) is 4.40. The van der Waals surface area contributed by atoms with Gasteiger partial charge in [0.1, 0.15) is 6.61 Å². The second-order valence-corrected chi connectivity index (χ2v) is 8.58. The summed E-state index contributed by atoms with van der Waals surface area (Å²) in [4.78, 5) is 29.0. The Morgan fingerprint density at radius 3 is 2.55 bits per heavy atom. The van der Waals surface area contributed by atoms with Gasteiger partial charge < -0.3 is 18.9 Å². The van der Waals surface area contributed by atoms with Crippen LogP contribution in [0.2, 0.25) is 0 Å². The standard InChI is InChI=1S/C24H31N3O4/c1-17-12-20(21(28)14-25(3)15-24(29)26-10-6-7-11-26)18(2)27(17)13-19-16-30-22-8-4-5-9-23(22)31-19/h4-5,8-9,12,19H,6-7,10-11,13-16H2,1-3H3. The largest absolute Gasteiger partial charge is 0.486 e. The third-order valence-electron chi connectivity index (χ3n) is 6.11. The summed E-state index contributed by atoms with van der Waals surface area (Å²) in [5.74, 6) is 1.65. The lowest BCUT2D eigenvalue weighted by Crippen LogP contribution is -2.39. The number of likely N-dealkylation sites (tertiary alicyclic amines) is 1. The average molecular weight is 426 g/mol. The minimum atomic E-state index is -0.122. The van der Waals surface area contributed by atoms with E-state index in [-0.39, 0.29) is 30.9 Å². The Labute approximate surface area is 183 Å². The zero-order valence-corrected chi connectivity index (χ0v) is 18.6. The van der Waals surface area contributed by atoms with Gasteiger partial charge in [-0.3, -0.25) is 14.5 Å². The van der Waals surface area contributed by atoms with E-state index < -0.39 is 0 Å². The van der Waals surface area contributed by atoms with Gasteiger partial charge in [0.05, 0.1) is 19.6 Å². The normalized spacial score (nSPS) is 17.9. The van der Waals surface area contributed by atoms with Crippen LogP contribution < -0.4 is 9.47 Å². The highest BCUT2D eigenvalue weighted by atomic mass is 16.6. The molecule has 2 aliphatic rings. The highest BCUT2D eigenvalue weighted by Gasteiger charge is 2.25. The van der Waals surface area contributed by atoms with Crippen molar-refractivity contribution in [2.24, 2.45) is 0 Å². The summed E-state index contributed by atoms with van der Waals surface area (Å²) in [5, 5.41) is 0. The van der Waals surface area contributed by atoms with Gasteiger partial charge in [-0.05, 0) is 51.9 Å². The zero-order chi connectivity index (χ0) is 22.0. The van der Waals surface area contributed by atoms with Crippen LogP contribution in [0.1, 0.15) is 34.6 Å². The minimum Gasteiger partial charge on any atom is -0.486 e. The van der Waals surface area contributed by atoms with Gasteiger partial charge in [-0.25, -0.2) is 0 Å². The molecule has 31 heavy (non-hydrogen) atoms. The van der Waals surface area contributed by atoms with Gasteiger partial charge in [0.15, 0.2) is 23.4 Å². The van der Waals surface area contributed by atoms with Gasteiger partial charge in [-0.15, -0.1) is 0 Å². The molecule has 1 atom stereocenters. The van der Waals surface area contributed by atoms with E-state index in [9.17, 15) is 9.59 Å². The number of Topliss-reactive ketones (excluding diaryl/α,β-unsaturated/α-hetero) is 1. The van der Waals surface area contributed by atoms with E-state index in [1.807, 2.05) is 61.0 Å². The molecule has 3 heterocycles. The van der Waals surface area contributed by atoms with Crippen molar-refractivity contribution in [1.82, 2.24) is 14.4 Å². The van der Waals surface area contributed by atoms with Crippen LogP contribution in [-0.2, 0) is 11.3 Å². The number of ketones is 1. The molecule has 7 nitrogen and oxygen atoms in total. The van der Waals surface area contributed by atoms with Crippen molar-refractivity contribution in [3.63, 3.8) is 0 Å². The van der Waals surface area contributed by atoms with Crippen LogP contribution in [0.3, 0.4) is 0 Å². The van der Waals surface area contributed by atoms with Crippen molar-refractivity contribution in [3.05, 3.63) is 47.3 Å². The highest BCUT2D eigenvalue weighted by molar-refractivity contribution is 5.99. The maximum absolute atomic E-state index is 13.0. The number of ether oxygens (including phenoxy) is 2. The fourth-order valence-electron chi connectivity index (χ4n) is 4.40. The first-order chi connectivity index (χ1) is 14.9. The van der Waals surface area contributed by atoms with Crippen molar-refractivity contribution in [2.75, 3.05) is 39.8 Å². The Balaban J connectivity index is 1.38. The third-order valence-corrected chi connectivity index (χ3v) is 6.11. The molecule has 2 aliphatic heterocycles. The molecule has 1 saturated heterocycles. The quantitative estimate of drug-likeness (QED) is 0.639. The number of aryl methyl sites for hydroxylation is 1. The van der Waals surface area contributed by atoms with Crippen molar-refractivity contribution in [3.8, 4) is 11.5 Å². The molecular weight excluding hydrogens is 394 g/mol. The van der Waals surface area contributed by atoms with Crippen LogP contribution in [0.25, 0.3) is 0 Å². The third kappa shape index (κ3) is 4.77. The molecular formula is C24H31N3O4. The minimum absolute atomic E-state index is 0.0298. The monoisotopic (exact) mass is 425 g/mol. The highest BCUT2D eigenvalue weighted by Crippen LogP contribution is 2.31. The predicted molar refractivity (Wildman–Crippen MR) is 118 cm³/mol. The molecule has 1 aromatic carbocycles. The van der Waals surface area contributed by atoms with E-state index in [4.69, 9.17) is 9.47 Å². The number of aromatic nitrogens is 1. The summed E-state index contributed by atoms with van der Waals surface area (Å²) in [7, 11) is 1.83. The maximum atomic E-state index is 13.0. The average Bonchev–Trinajstić information content (AvgIpc) is 3.38. The molecule has 1 amide bonds. The molecule has 166 valence electrons. The van der Waals surface area contributed by atoms with Crippen LogP contribution >= 0.6 is 0 Å². The molecule has 1 fully saturated rings. The number of benzene rings is 1. The molecule has 2 aromatic rings. The van der Waals surface area contributed by atoms with Crippen LogP contribution in [0.4, 0.5) is 0 Å². The molecule has 1 unspecified atom stereocenters. The molecule has 0 N–H and O–H groups in total. The Bertz CT molecular complexity index is 962. The maximum Gasteiger partial charge on any atom is 0.236 e. The number of likely N-dealkylation sites (N-methyl/N-ethyl adjacent to an activating group) is 1. The van der Waals surface area contributed by atoms with Gasteiger partial charge >= 0.3 is 0 Å². The summed E-state index contributed by atoms with van der Waals surface area (Å²) in [6, 6.07) is 9.60. The second-order valence-electron chi connectivity index (χ2n) is 8.58. The van der Waals surface area contributed by atoms with E-state index in [0.717, 1.165) is 48.8 Å². The Morgan fingerprint density at radius 2 is 1.81 bits per heavy atom. The molecule has 7 heteroatoms. The molecule has 1 aromatic heterocycles. The van der Waals surface area contributed by atoms with Crippen molar-refractivity contribution in [1.29, 1.82) is 0 Å². The second kappa shape index (κ2) is 9.14. The van der Waals surface area contributed by atoms with Crippen LogP contribution in [-0.4, -0.2) is 72.0 Å². The first kappa shape index (κ1) is 21.4. The van der Waals surface area contributed by atoms with Gasteiger partial charge in [0.25, 0.3) is 0 Å². The first-order valence-corrected chi connectivity index (χ1v) is 11.0. The summed E-state index contributed by atoms with van der Waals surface area (Å²) in [6.07, 6.45) is 2.02. The lowest BCUT2D eigenvalue weighted by Gasteiger charge is -2.27. The molecule has 0 radical (unpaired) electrons. The number of carbonyl (C=O) groups excluding carboxylic acids is 2. The SMILES string of the molecule is Cc1cc(C(=O)CN(C)CC(=O)N2CCCC2)c(C)n1CC1COc2ccccc2O1. The number of carbonyl (C=O) groups is 2. The van der Waals surface area contributed by atoms with Crippen LogP contribution in [0, 0.1) is 13.8 Å². The number of amides is 1. The molecule has 0 spiro atoms. The molecule has 4 rings (SSSR count). The summed E-state index contributed by atoms with van der Waals surface area (Å²) in [6.45, 7) is 7.21. The number of para-hydroxylation sites is 2. The fraction of sp³-hybridized carbons (Fsp3) is 0.500. The van der Waals surface area contributed by atoms with E-state index in [1.54, 1.807) is 0 Å². The van der Waals surface area contributed by atoms with Crippen molar-refractivity contribution in [2.45, 2.75) is 39.3 Å². The van der Waals surface area contributed by atoms with Gasteiger partial charge in [-0.2, -0.15) is 0 Å². The number of hydrogen-bond acceptors (Lipinski definition) is 5. The topological polar surface area (TPSA) is 64.0 Å². The molecule has 0 saturated carbocycles. The summed E-state index contributed by atoms with van der Waals surface area (Å²) >= 11 is 0. The first-order valence-electron chi connectivity index (χ1n) is 11.0. The van der Waals surface area contributed by atoms with E-state index in [1.165, 1.54) is 0 Å². The lowest BCUT2D eigenvalue weighted by molar-refractivity contribution is -0.130. The van der Waals surface area contributed by atoms with E-state index in [2.05, 4.69) is 4.57 Å². The van der Waals surface area contributed by atoms with Gasteiger partial charge in [0, 0.05) is 30.0 Å². The number of fused-ring (bicyclic) bond motifs is 1. The Morgan fingerprint density at radius 1 is 1.10 bits per heavy atom.